The second-order valence-electron chi connectivity index (χ2n) is 7.12. The summed E-state index contributed by atoms with van der Waals surface area (Å²) in [5.41, 5.74) is 3.09. The van der Waals surface area contributed by atoms with E-state index in [1.165, 1.54) is 16.4 Å². The highest BCUT2D eigenvalue weighted by Crippen LogP contribution is 2.29. The van der Waals surface area contributed by atoms with Gasteiger partial charge < -0.3 is 0 Å². The number of benzene rings is 1. The van der Waals surface area contributed by atoms with Crippen LogP contribution in [0.3, 0.4) is 0 Å². The first-order valence-electron chi connectivity index (χ1n) is 10.0. The SMILES string of the molecule is CCCCCC#CC(CS(=O)(=O)N1CCC(c2ccc(F)cc2)CC1)ONC=O. The van der Waals surface area contributed by atoms with Gasteiger partial charge in [-0.3, -0.25) is 9.63 Å². The maximum absolute atomic E-state index is 13.1. The summed E-state index contributed by atoms with van der Waals surface area (Å²) in [6.07, 6.45) is 4.54. The molecular formula is C21H29FN2O4S. The molecule has 0 bridgehead atoms. The van der Waals surface area contributed by atoms with Crippen LogP contribution in [-0.2, 0) is 19.7 Å². The fourth-order valence-electron chi connectivity index (χ4n) is 3.36. The van der Waals surface area contributed by atoms with Crippen molar-refractivity contribution in [1.82, 2.24) is 9.79 Å². The average molecular weight is 425 g/mol. The zero-order chi connectivity index (χ0) is 21.1. The number of piperidine rings is 1. The minimum Gasteiger partial charge on any atom is -0.277 e. The van der Waals surface area contributed by atoms with Gasteiger partial charge in [0.2, 0.25) is 16.4 Å². The molecule has 6 nitrogen and oxygen atoms in total. The van der Waals surface area contributed by atoms with Gasteiger partial charge in [-0.1, -0.05) is 37.8 Å². The lowest BCUT2D eigenvalue weighted by atomic mass is 9.90. The van der Waals surface area contributed by atoms with Crippen LogP contribution in [0.1, 0.15) is 56.9 Å². The highest BCUT2D eigenvalue weighted by Gasteiger charge is 2.31. The number of halogens is 1. The highest BCUT2D eigenvalue weighted by molar-refractivity contribution is 7.89. The fraction of sp³-hybridized carbons (Fsp3) is 0.571. The topological polar surface area (TPSA) is 75.7 Å². The van der Waals surface area contributed by atoms with Crippen molar-refractivity contribution in [3.63, 3.8) is 0 Å². The first kappa shape index (κ1) is 23.3. The third kappa shape index (κ3) is 7.77. The lowest BCUT2D eigenvalue weighted by Gasteiger charge is -2.31. The molecule has 160 valence electrons. The van der Waals surface area contributed by atoms with E-state index in [2.05, 4.69) is 24.2 Å². The Morgan fingerprint density at radius 3 is 2.59 bits per heavy atom. The Bertz CT molecular complexity index is 794. The van der Waals surface area contributed by atoms with Gasteiger partial charge in [-0.15, -0.1) is 5.92 Å². The molecule has 0 aromatic heterocycles. The lowest BCUT2D eigenvalue weighted by molar-refractivity contribution is -0.122. The quantitative estimate of drug-likeness (QED) is 0.271. The molecule has 0 saturated carbocycles. The molecule has 1 aliphatic heterocycles. The summed E-state index contributed by atoms with van der Waals surface area (Å²) in [6, 6.07) is 6.37. The fourth-order valence-corrected chi connectivity index (χ4v) is 4.88. The molecule has 1 heterocycles. The zero-order valence-electron chi connectivity index (χ0n) is 16.8. The normalized spacial score (nSPS) is 16.6. The molecule has 1 atom stereocenters. The first-order chi connectivity index (χ1) is 14.0. The van der Waals surface area contributed by atoms with Crippen molar-refractivity contribution in [2.75, 3.05) is 18.8 Å². The van der Waals surface area contributed by atoms with Gasteiger partial charge in [-0.2, -0.15) is 0 Å². The maximum atomic E-state index is 13.1. The Labute approximate surface area is 172 Å². The van der Waals surface area contributed by atoms with E-state index in [1.807, 2.05) is 0 Å². The predicted molar refractivity (Wildman–Crippen MR) is 110 cm³/mol. The van der Waals surface area contributed by atoms with E-state index in [9.17, 15) is 17.6 Å². The third-order valence-corrected chi connectivity index (χ3v) is 6.85. The molecular weight excluding hydrogens is 395 g/mol. The number of carbonyl (C=O) groups is 1. The highest BCUT2D eigenvalue weighted by atomic mass is 32.2. The van der Waals surface area contributed by atoms with Crippen molar-refractivity contribution in [1.29, 1.82) is 0 Å². The summed E-state index contributed by atoms with van der Waals surface area (Å²) in [5.74, 6) is 5.38. The van der Waals surface area contributed by atoms with E-state index in [-0.39, 0.29) is 17.5 Å². The molecule has 0 aliphatic carbocycles. The standard InChI is InChI=1S/C21H29FN2O4S/c1-2-3-4-5-6-7-21(28-23-17-25)16-29(26,27)24-14-12-19(13-15-24)18-8-10-20(22)11-9-18/h8-11,17,19,21H,2-5,12-16H2,1H3,(H,23,25). The van der Waals surface area contributed by atoms with Crippen molar-refractivity contribution in [3.8, 4) is 11.8 Å². The number of unbranched alkanes of at least 4 members (excludes halogenated alkanes) is 3. The number of nitrogens with one attached hydrogen (secondary N) is 1. The summed E-state index contributed by atoms with van der Waals surface area (Å²) in [4.78, 5) is 15.6. The van der Waals surface area contributed by atoms with Gasteiger partial charge in [-0.05, 0) is 42.9 Å². The third-order valence-electron chi connectivity index (χ3n) is 4.98. The van der Waals surface area contributed by atoms with E-state index < -0.39 is 16.1 Å². The molecule has 1 N–H and O–H groups in total. The van der Waals surface area contributed by atoms with Crippen LogP contribution < -0.4 is 5.48 Å². The first-order valence-corrected chi connectivity index (χ1v) is 11.6. The van der Waals surface area contributed by atoms with Crippen LogP contribution in [-0.4, -0.2) is 44.1 Å². The molecule has 1 aromatic carbocycles. The molecule has 29 heavy (non-hydrogen) atoms. The molecule has 1 amide bonds. The zero-order valence-corrected chi connectivity index (χ0v) is 17.6. The Balaban J connectivity index is 1.93. The molecule has 1 aromatic rings. The average Bonchev–Trinajstić information content (AvgIpc) is 2.72. The van der Waals surface area contributed by atoms with Gasteiger partial charge in [0.15, 0.2) is 6.10 Å². The van der Waals surface area contributed by atoms with E-state index >= 15 is 0 Å². The number of hydrogen-bond acceptors (Lipinski definition) is 4. The van der Waals surface area contributed by atoms with Crippen LogP contribution >= 0.6 is 0 Å². The van der Waals surface area contributed by atoms with Crippen molar-refractivity contribution in [2.45, 2.75) is 57.5 Å². The van der Waals surface area contributed by atoms with Crippen LogP contribution in [0.5, 0.6) is 0 Å². The van der Waals surface area contributed by atoms with Crippen LogP contribution in [0.15, 0.2) is 24.3 Å². The minimum atomic E-state index is -3.58. The second-order valence-corrected chi connectivity index (χ2v) is 9.14. The van der Waals surface area contributed by atoms with Crippen molar-refractivity contribution in [3.05, 3.63) is 35.6 Å². The number of sulfonamides is 1. The summed E-state index contributed by atoms with van der Waals surface area (Å²) >= 11 is 0. The summed E-state index contributed by atoms with van der Waals surface area (Å²) < 4.78 is 40.1. The summed E-state index contributed by atoms with van der Waals surface area (Å²) in [6.45, 7) is 2.88. The Kier molecular flexibility index (Phi) is 9.58. The van der Waals surface area contributed by atoms with Crippen LogP contribution in [0.2, 0.25) is 0 Å². The number of nitrogens with zero attached hydrogens (tertiary/aromatic N) is 1. The summed E-state index contributed by atoms with van der Waals surface area (Å²) in [7, 11) is -3.58. The van der Waals surface area contributed by atoms with Crippen molar-refractivity contribution in [2.24, 2.45) is 0 Å². The van der Waals surface area contributed by atoms with Gasteiger partial charge in [-0.25, -0.2) is 22.6 Å². The Morgan fingerprint density at radius 2 is 1.97 bits per heavy atom. The number of rotatable bonds is 10. The van der Waals surface area contributed by atoms with Gasteiger partial charge in [0.1, 0.15) is 11.6 Å². The van der Waals surface area contributed by atoms with E-state index in [1.54, 1.807) is 12.1 Å². The van der Waals surface area contributed by atoms with Crippen LogP contribution in [0.4, 0.5) is 4.39 Å². The monoisotopic (exact) mass is 424 g/mol. The molecule has 1 unspecified atom stereocenters. The number of hydrogen-bond donors (Lipinski definition) is 1. The van der Waals surface area contributed by atoms with E-state index in [0.29, 0.717) is 38.8 Å². The molecule has 1 aliphatic rings. The van der Waals surface area contributed by atoms with Crippen LogP contribution in [0, 0.1) is 17.7 Å². The van der Waals surface area contributed by atoms with E-state index in [0.717, 1.165) is 24.8 Å². The smallest absolute Gasteiger partial charge is 0.230 e. The van der Waals surface area contributed by atoms with Gasteiger partial charge in [0.25, 0.3) is 0 Å². The number of amides is 1. The Morgan fingerprint density at radius 1 is 1.28 bits per heavy atom. The lowest BCUT2D eigenvalue weighted by Crippen LogP contribution is -2.42. The van der Waals surface area contributed by atoms with Crippen molar-refractivity contribution < 1.29 is 22.4 Å². The van der Waals surface area contributed by atoms with Crippen LogP contribution in [0.25, 0.3) is 0 Å². The minimum absolute atomic E-state index is 0.212. The molecule has 1 fully saturated rings. The Hall–Kier alpha value is -1.95. The van der Waals surface area contributed by atoms with Gasteiger partial charge in [0.05, 0.1) is 0 Å². The number of hydroxylamine groups is 1. The number of carbonyl (C=O) groups excluding carboxylic acids is 1. The largest absolute Gasteiger partial charge is 0.277 e. The van der Waals surface area contributed by atoms with Crippen molar-refractivity contribution >= 4 is 16.4 Å². The van der Waals surface area contributed by atoms with E-state index in [4.69, 9.17) is 4.84 Å². The predicted octanol–water partition coefficient (Wildman–Crippen LogP) is 2.96. The molecule has 1 saturated heterocycles. The van der Waals surface area contributed by atoms with Gasteiger partial charge >= 0.3 is 0 Å². The maximum Gasteiger partial charge on any atom is 0.230 e. The second kappa shape index (κ2) is 11.9. The molecule has 0 spiro atoms. The molecule has 2 rings (SSSR count). The van der Waals surface area contributed by atoms with Gasteiger partial charge in [0, 0.05) is 19.5 Å². The molecule has 0 radical (unpaired) electrons. The summed E-state index contributed by atoms with van der Waals surface area (Å²) in [5, 5.41) is 0. The molecule has 8 heteroatoms.